The lowest BCUT2D eigenvalue weighted by Gasteiger charge is -2.20. The number of carbonyl (C=O) groups excluding carboxylic acids is 1. The molecular weight excluding hydrogens is 523 g/mol. The van der Waals surface area contributed by atoms with Crippen LogP contribution in [-0.2, 0) is 17.7 Å². The van der Waals surface area contributed by atoms with Gasteiger partial charge in [0.05, 0.1) is 15.6 Å². The number of carbonyl (C=O) groups is 1. The number of nitrogens with zero attached hydrogens (tertiary/aromatic N) is 2. The molecule has 0 saturated heterocycles. The summed E-state index contributed by atoms with van der Waals surface area (Å²) in [4.78, 5) is 16.8. The van der Waals surface area contributed by atoms with Crippen molar-refractivity contribution in [2.45, 2.75) is 58.6 Å². The molecule has 4 nitrogen and oxygen atoms in total. The number of imidazole rings is 1. The highest BCUT2D eigenvalue weighted by Crippen LogP contribution is 2.52. The molecule has 1 aromatic heterocycles. The van der Waals surface area contributed by atoms with E-state index in [9.17, 15) is 22.4 Å². The van der Waals surface area contributed by atoms with Gasteiger partial charge in [-0.15, -0.1) is 0 Å². The van der Waals surface area contributed by atoms with Crippen molar-refractivity contribution >= 4 is 32.9 Å². The zero-order chi connectivity index (χ0) is 25.0. The minimum absolute atomic E-state index is 0.0630. The monoisotopic (exact) mass is 544 g/mol. The van der Waals surface area contributed by atoms with Crippen molar-refractivity contribution in [3.63, 3.8) is 0 Å². The van der Waals surface area contributed by atoms with Gasteiger partial charge in [0.1, 0.15) is 28.6 Å². The van der Waals surface area contributed by atoms with Crippen molar-refractivity contribution in [3.8, 4) is 0 Å². The van der Waals surface area contributed by atoms with Crippen LogP contribution < -0.4 is 0 Å². The van der Waals surface area contributed by atoms with E-state index >= 15 is 4.39 Å². The Balaban J connectivity index is 1.84. The Hall–Kier alpha value is -2.49. The van der Waals surface area contributed by atoms with Gasteiger partial charge in [0.2, 0.25) is 6.43 Å². The quantitative estimate of drug-likeness (QED) is 0.194. The van der Waals surface area contributed by atoms with Gasteiger partial charge in [0.15, 0.2) is 5.82 Å². The summed E-state index contributed by atoms with van der Waals surface area (Å²) in [6.07, 6.45) is -2.36. The number of alkyl halides is 2. The predicted octanol–water partition coefficient (Wildman–Crippen LogP) is 6.81. The average Bonchev–Trinajstić information content (AvgIpc) is 3.43. The fourth-order valence-electron chi connectivity index (χ4n) is 3.79. The van der Waals surface area contributed by atoms with E-state index in [4.69, 9.17) is 4.74 Å². The van der Waals surface area contributed by atoms with Gasteiger partial charge in [-0.3, -0.25) is 0 Å². The molecule has 1 fully saturated rings. The molecule has 2 aromatic carbocycles. The number of fused-ring (bicyclic) bond motifs is 1. The predicted molar refractivity (Wildman–Crippen MR) is 119 cm³/mol. The molecule has 10 heteroatoms. The Morgan fingerprint density at radius 3 is 2.38 bits per heavy atom. The third-order valence-electron chi connectivity index (χ3n) is 5.79. The lowest BCUT2D eigenvalue weighted by molar-refractivity contribution is 0.00690. The molecule has 1 heterocycles. The highest BCUT2D eigenvalue weighted by atomic mass is 79.9. The Kier molecular flexibility index (Phi) is 6.25. The first-order valence-corrected chi connectivity index (χ1v) is 11.4. The molecule has 3 aromatic rings. The van der Waals surface area contributed by atoms with Crippen LogP contribution in [0.2, 0.25) is 0 Å². The van der Waals surface area contributed by atoms with Crippen LogP contribution in [0.4, 0.5) is 22.0 Å². The topological polar surface area (TPSA) is 44.1 Å². The number of benzene rings is 2. The van der Waals surface area contributed by atoms with Gasteiger partial charge in [-0.05, 0) is 79.4 Å². The normalized spacial score (nSPS) is 15.2. The van der Waals surface area contributed by atoms with Crippen LogP contribution in [0.1, 0.15) is 55.4 Å². The first-order valence-electron chi connectivity index (χ1n) is 10.6. The van der Waals surface area contributed by atoms with E-state index in [1.54, 1.807) is 20.8 Å². The molecule has 0 amide bonds. The first kappa shape index (κ1) is 24.6. The van der Waals surface area contributed by atoms with Crippen molar-refractivity contribution in [1.29, 1.82) is 0 Å². The van der Waals surface area contributed by atoms with E-state index in [2.05, 4.69) is 20.9 Å². The fourth-order valence-corrected chi connectivity index (χ4v) is 4.10. The van der Waals surface area contributed by atoms with Gasteiger partial charge in [-0.1, -0.05) is 0 Å². The fraction of sp³-hybridized carbons (Fsp3) is 0.417. The number of halogens is 6. The maximum atomic E-state index is 15.0. The highest BCUT2D eigenvalue weighted by Gasteiger charge is 2.51. The lowest BCUT2D eigenvalue weighted by atomic mass is 10.1. The van der Waals surface area contributed by atoms with Crippen molar-refractivity contribution in [2.24, 2.45) is 5.41 Å². The SMILES string of the molecule is CC(C)(C)OC(=O)c1cc(F)c2nc(Cc3cc(F)c(Br)cc3F)n(CC3(C(F)F)CC3)c2c1. The van der Waals surface area contributed by atoms with E-state index in [1.165, 1.54) is 10.6 Å². The van der Waals surface area contributed by atoms with Gasteiger partial charge in [0.25, 0.3) is 0 Å². The lowest BCUT2D eigenvalue weighted by Crippen LogP contribution is -2.24. The molecule has 0 atom stereocenters. The number of aromatic nitrogens is 2. The molecule has 0 N–H and O–H groups in total. The molecular formula is C24H22BrF5N2O2. The summed E-state index contributed by atoms with van der Waals surface area (Å²) in [7, 11) is 0. The Labute approximate surface area is 201 Å². The van der Waals surface area contributed by atoms with Crippen LogP contribution in [0.5, 0.6) is 0 Å². The van der Waals surface area contributed by atoms with Crippen LogP contribution in [0, 0.1) is 22.9 Å². The smallest absolute Gasteiger partial charge is 0.338 e. The Morgan fingerprint density at radius 1 is 1.12 bits per heavy atom. The number of ether oxygens (including phenoxy) is 1. The van der Waals surface area contributed by atoms with E-state index in [0.29, 0.717) is 0 Å². The molecule has 182 valence electrons. The van der Waals surface area contributed by atoms with Crippen LogP contribution in [0.3, 0.4) is 0 Å². The minimum Gasteiger partial charge on any atom is -0.456 e. The van der Waals surface area contributed by atoms with E-state index in [1.807, 2.05) is 0 Å². The summed E-state index contributed by atoms with van der Waals surface area (Å²) < 4.78 is 77.7. The second-order valence-corrected chi connectivity index (χ2v) is 10.5. The molecule has 34 heavy (non-hydrogen) atoms. The molecule has 0 spiro atoms. The zero-order valence-corrected chi connectivity index (χ0v) is 20.3. The molecule has 0 aliphatic heterocycles. The summed E-state index contributed by atoms with van der Waals surface area (Å²) in [6, 6.07) is 4.24. The molecule has 1 aliphatic carbocycles. The largest absolute Gasteiger partial charge is 0.456 e. The zero-order valence-electron chi connectivity index (χ0n) is 18.7. The second-order valence-electron chi connectivity index (χ2n) is 9.64. The highest BCUT2D eigenvalue weighted by molar-refractivity contribution is 9.10. The van der Waals surface area contributed by atoms with E-state index < -0.39 is 40.9 Å². The van der Waals surface area contributed by atoms with E-state index in [0.717, 1.165) is 18.2 Å². The minimum atomic E-state index is -2.63. The summed E-state index contributed by atoms with van der Waals surface area (Å²) in [5.74, 6) is -2.97. The van der Waals surface area contributed by atoms with Crippen LogP contribution in [-0.4, -0.2) is 27.5 Å². The molecule has 1 aliphatic rings. The third-order valence-corrected chi connectivity index (χ3v) is 6.39. The van der Waals surface area contributed by atoms with E-state index in [-0.39, 0.29) is 58.3 Å². The third kappa shape index (κ3) is 4.82. The number of hydrogen-bond donors (Lipinski definition) is 0. The van der Waals surface area contributed by atoms with Crippen molar-refractivity contribution in [3.05, 3.63) is 63.1 Å². The number of esters is 1. The molecule has 0 radical (unpaired) electrons. The van der Waals surface area contributed by atoms with Gasteiger partial charge < -0.3 is 9.30 Å². The Bertz CT molecular complexity index is 1280. The molecule has 0 unspecified atom stereocenters. The van der Waals surface area contributed by atoms with Crippen molar-refractivity contribution in [2.75, 3.05) is 0 Å². The summed E-state index contributed by atoms with van der Waals surface area (Å²) in [6.45, 7) is 4.78. The number of rotatable bonds is 6. The molecule has 0 bridgehead atoms. The van der Waals surface area contributed by atoms with Crippen LogP contribution >= 0.6 is 15.9 Å². The van der Waals surface area contributed by atoms with Crippen molar-refractivity contribution < 1.29 is 31.5 Å². The van der Waals surface area contributed by atoms with Gasteiger partial charge >= 0.3 is 5.97 Å². The maximum Gasteiger partial charge on any atom is 0.338 e. The van der Waals surface area contributed by atoms with Gasteiger partial charge in [-0.2, -0.15) is 0 Å². The second kappa shape index (κ2) is 8.62. The first-order chi connectivity index (χ1) is 15.8. The molecule has 4 rings (SSSR count). The molecule has 1 saturated carbocycles. The van der Waals surface area contributed by atoms with Gasteiger partial charge in [0, 0.05) is 18.4 Å². The average molecular weight is 545 g/mol. The maximum absolute atomic E-state index is 15.0. The summed E-state index contributed by atoms with van der Waals surface area (Å²) in [5.41, 5.74) is -2.34. The number of hydrogen-bond acceptors (Lipinski definition) is 3. The summed E-state index contributed by atoms with van der Waals surface area (Å²) in [5, 5.41) is 0. The Morgan fingerprint density at radius 2 is 1.79 bits per heavy atom. The van der Waals surface area contributed by atoms with Crippen LogP contribution in [0.15, 0.2) is 28.7 Å². The summed E-state index contributed by atoms with van der Waals surface area (Å²) >= 11 is 2.91. The standard InChI is InChI=1S/C24H22BrF5N2O2/c1-23(2,3)34-21(33)13-7-17(28)20-18(8-13)32(11-24(4-5-24)22(29)30)19(31-20)9-12-6-16(27)14(25)10-15(12)26/h6-8,10,22H,4-5,9,11H2,1-3H3. The van der Waals surface area contributed by atoms with Crippen LogP contribution in [0.25, 0.3) is 11.0 Å². The van der Waals surface area contributed by atoms with Gasteiger partial charge in [-0.25, -0.2) is 31.7 Å². The van der Waals surface area contributed by atoms with Crippen molar-refractivity contribution in [1.82, 2.24) is 9.55 Å².